The fourth-order valence-corrected chi connectivity index (χ4v) is 1.57. The second-order valence-electron chi connectivity index (χ2n) is 3.85. The molecule has 1 N–H and O–H groups in total. The van der Waals surface area contributed by atoms with Crippen LogP contribution in [0, 0.1) is 18.6 Å². The first-order valence-corrected chi connectivity index (χ1v) is 5.25. The zero-order valence-corrected chi connectivity index (χ0v) is 9.67. The van der Waals surface area contributed by atoms with Gasteiger partial charge in [0.1, 0.15) is 11.5 Å². The third-order valence-electron chi connectivity index (χ3n) is 2.65. The summed E-state index contributed by atoms with van der Waals surface area (Å²) in [6.45, 7) is 1.93. The van der Waals surface area contributed by atoms with Crippen LogP contribution in [0.4, 0.5) is 14.5 Å². The van der Waals surface area contributed by atoms with Gasteiger partial charge in [0, 0.05) is 13.2 Å². The molecular weight excluding hydrogens is 224 g/mol. The molecule has 1 aromatic carbocycles. The van der Waals surface area contributed by atoms with Gasteiger partial charge in [0.25, 0.3) is 0 Å². The van der Waals surface area contributed by atoms with Crippen LogP contribution in [0.5, 0.6) is 0 Å². The maximum atomic E-state index is 13.7. The Hall–Kier alpha value is -1.91. The van der Waals surface area contributed by atoms with Crippen LogP contribution < -0.4 is 5.32 Å². The van der Waals surface area contributed by atoms with Gasteiger partial charge in [0.15, 0.2) is 5.82 Å². The summed E-state index contributed by atoms with van der Waals surface area (Å²) in [6, 6.07) is 4.46. The van der Waals surface area contributed by atoms with E-state index in [0.717, 1.165) is 5.69 Å². The topological polar surface area (TPSA) is 29.9 Å². The van der Waals surface area contributed by atoms with Crippen molar-refractivity contribution in [2.75, 3.05) is 5.32 Å². The third kappa shape index (κ3) is 2.27. The van der Waals surface area contributed by atoms with Gasteiger partial charge in [-0.3, -0.25) is 4.68 Å². The second kappa shape index (κ2) is 4.53. The standard InChI is InChI=1S/C12H13F2N3/c1-8-3-4-10(13)12(11(8)14)15-7-9-5-6-16-17(9)2/h3-6,15H,7H2,1-2H3. The molecule has 3 nitrogen and oxygen atoms in total. The molecule has 0 radical (unpaired) electrons. The molecule has 0 amide bonds. The highest BCUT2D eigenvalue weighted by molar-refractivity contribution is 5.49. The zero-order valence-electron chi connectivity index (χ0n) is 9.67. The van der Waals surface area contributed by atoms with Gasteiger partial charge in [0.2, 0.25) is 0 Å². The third-order valence-corrected chi connectivity index (χ3v) is 2.65. The fraction of sp³-hybridized carbons (Fsp3) is 0.250. The fourth-order valence-electron chi connectivity index (χ4n) is 1.57. The Balaban J connectivity index is 2.20. The lowest BCUT2D eigenvalue weighted by Gasteiger charge is -2.10. The van der Waals surface area contributed by atoms with Crippen molar-refractivity contribution in [3.63, 3.8) is 0 Å². The SMILES string of the molecule is Cc1ccc(F)c(NCc2ccnn2C)c1F. The lowest BCUT2D eigenvalue weighted by atomic mass is 10.2. The van der Waals surface area contributed by atoms with E-state index >= 15 is 0 Å². The average Bonchev–Trinajstić information content (AvgIpc) is 2.70. The molecule has 17 heavy (non-hydrogen) atoms. The van der Waals surface area contributed by atoms with E-state index in [2.05, 4.69) is 10.4 Å². The van der Waals surface area contributed by atoms with E-state index < -0.39 is 11.6 Å². The quantitative estimate of drug-likeness (QED) is 0.889. The summed E-state index contributed by atoms with van der Waals surface area (Å²) < 4.78 is 28.8. The van der Waals surface area contributed by atoms with Crippen LogP contribution >= 0.6 is 0 Å². The Kier molecular flexibility index (Phi) is 3.08. The molecule has 2 rings (SSSR count). The van der Waals surface area contributed by atoms with Crippen LogP contribution in [0.15, 0.2) is 24.4 Å². The molecule has 0 unspecified atom stereocenters. The average molecular weight is 237 g/mol. The summed E-state index contributed by atoms with van der Waals surface area (Å²) in [7, 11) is 1.78. The molecule has 90 valence electrons. The van der Waals surface area contributed by atoms with Crippen molar-refractivity contribution in [1.29, 1.82) is 0 Å². The van der Waals surface area contributed by atoms with Gasteiger partial charge < -0.3 is 5.32 Å². The number of nitrogens with one attached hydrogen (secondary N) is 1. The van der Waals surface area contributed by atoms with Gasteiger partial charge in [0.05, 0.1) is 12.2 Å². The summed E-state index contributed by atoms with van der Waals surface area (Å²) >= 11 is 0. The molecule has 1 heterocycles. The number of aromatic nitrogens is 2. The van der Waals surface area contributed by atoms with E-state index in [1.54, 1.807) is 30.9 Å². The molecular formula is C12H13F2N3. The smallest absolute Gasteiger partial charge is 0.152 e. The molecule has 0 bridgehead atoms. The van der Waals surface area contributed by atoms with E-state index in [9.17, 15) is 8.78 Å². The maximum absolute atomic E-state index is 13.7. The van der Waals surface area contributed by atoms with E-state index in [0.29, 0.717) is 12.1 Å². The summed E-state index contributed by atoms with van der Waals surface area (Å²) in [4.78, 5) is 0. The molecule has 0 aliphatic heterocycles. The molecule has 0 saturated carbocycles. The van der Waals surface area contributed by atoms with Crippen LogP contribution in [0.3, 0.4) is 0 Å². The maximum Gasteiger partial charge on any atom is 0.152 e. The van der Waals surface area contributed by atoms with Crippen LogP contribution in [0.1, 0.15) is 11.3 Å². The lowest BCUT2D eigenvalue weighted by molar-refractivity contribution is 0.581. The Morgan fingerprint density at radius 3 is 2.71 bits per heavy atom. The number of anilines is 1. The van der Waals surface area contributed by atoms with Gasteiger partial charge in [-0.25, -0.2) is 8.78 Å². The minimum absolute atomic E-state index is 0.0915. The Labute approximate surface area is 98.1 Å². The van der Waals surface area contributed by atoms with E-state index in [4.69, 9.17) is 0 Å². The monoisotopic (exact) mass is 237 g/mol. The number of benzene rings is 1. The molecule has 2 aromatic rings. The molecule has 0 atom stereocenters. The van der Waals surface area contributed by atoms with Crippen molar-refractivity contribution in [3.05, 3.63) is 47.3 Å². The summed E-state index contributed by atoms with van der Waals surface area (Å²) in [5, 5.41) is 6.73. The van der Waals surface area contributed by atoms with Gasteiger partial charge in [-0.1, -0.05) is 6.07 Å². The number of nitrogens with zero attached hydrogens (tertiary/aromatic N) is 2. The number of aryl methyl sites for hydroxylation is 2. The van der Waals surface area contributed by atoms with E-state index in [-0.39, 0.29) is 5.69 Å². The van der Waals surface area contributed by atoms with Crippen molar-refractivity contribution >= 4 is 5.69 Å². The summed E-state index contributed by atoms with van der Waals surface area (Å²) in [5.41, 5.74) is 1.18. The minimum atomic E-state index is -0.588. The number of halogens is 2. The normalized spacial score (nSPS) is 10.6. The molecule has 0 aliphatic rings. The predicted molar refractivity (Wildman–Crippen MR) is 61.6 cm³/mol. The molecule has 0 aliphatic carbocycles. The van der Waals surface area contributed by atoms with E-state index in [1.165, 1.54) is 12.1 Å². The van der Waals surface area contributed by atoms with Crippen LogP contribution in [-0.2, 0) is 13.6 Å². The Bertz CT molecular complexity index is 535. The van der Waals surface area contributed by atoms with Gasteiger partial charge in [-0.15, -0.1) is 0 Å². The summed E-state index contributed by atoms with van der Waals surface area (Å²) in [6.07, 6.45) is 1.64. The number of hydrogen-bond acceptors (Lipinski definition) is 2. The minimum Gasteiger partial charge on any atom is -0.375 e. The molecule has 5 heteroatoms. The van der Waals surface area contributed by atoms with Crippen molar-refractivity contribution in [2.45, 2.75) is 13.5 Å². The molecule has 0 saturated heterocycles. The highest BCUT2D eigenvalue weighted by Gasteiger charge is 2.11. The molecule has 1 aromatic heterocycles. The van der Waals surface area contributed by atoms with Crippen LogP contribution in [0.25, 0.3) is 0 Å². The first-order valence-electron chi connectivity index (χ1n) is 5.25. The van der Waals surface area contributed by atoms with Gasteiger partial charge in [-0.2, -0.15) is 5.10 Å². The largest absolute Gasteiger partial charge is 0.375 e. The zero-order chi connectivity index (χ0) is 12.4. The second-order valence-corrected chi connectivity index (χ2v) is 3.85. The van der Waals surface area contributed by atoms with Gasteiger partial charge in [-0.05, 0) is 24.6 Å². The highest BCUT2D eigenvalue weighted by atomic mass is 19.1. The first-order chi connectivity index (χ1) is 8.09. The van der Waals surface area contributed by atoms with Crippen molar-refractivity contribution in [2.24, 2.45) is 7.05 Å². The molecule has 0 spiro atoms. The van der Waals surface area contributed by atoms with E-state index in [1.807, 2.05) is 0 Å². The van der Waals surface area contributed by atoms with Crippen LogP contribution in [-0.4, -0.2) is 9.78 Å². The lowest BCUT2D eigenvalue weighted by Crippen LogP contribution is -2.08. The van der Waals surface area contributed by atoms with Crippen LogP contribution in [0.2, 0.25) is 0 Å². The molecule has 0 fully saturated rings. The number of rotatable bonds is 3. The Morgan fingerprint density at radius 1 is 1.29 bits per heavy atom. The van der Waals surface area contributed by atoms with Crippen molar-refractivity contribution in [1.82, 2.24) is 9.78 Å². The Morgan fingerprint density at radius 2 is 2.06 bits per heavy atom. The first kappa shape index (κ1) is 11.6. The van der Waals surface area contributed by atoms with Crippen molar-refractivity contribution in [3.8, 4) is 0 Å². The highest BCUT2D eigenvalue weighted by Crippen LogP contribution is 2.22. The summed E-state index contributed by atoms with van der Waals surface area (Å²) in [5.74, 6) is -1.14. The van der Waals surface area contributed by atoms with Gasteiger partial charge >= 0.3 is 0 Å². The van der Waals surface area contributed by atoms with Crippen molar-refractivity contribution < 1.29 is 8.78 Å². The predicted octanol–water partition coefficient (Wildman–Crippen LogP) is 2.62. The number of hydrogen-bond donors (Lipinski definition) is 1.